The molecule has 2 rings (SSSR count). The van der Waals surface area contributed by atoms with Crippen LogP contribution in [0.1, 0.15) is 25.3 Å². The molecule has 0 aliphatic heterocycles. The molecule has 0 radical (unpaired) electrons. The molecule has 0 bridgehead atoms. The van der Waals surface area contributed by atoms with Crippen molar-refractivity contribution in [3.05, 3.63) is 23.8 Å². The van der Waals surface area contributed by atoms with Gasteiger partial charge in [0.05, 0.1) is 7.11 Å². The maximum atomic E-state index is 12.9. The summed E-state index contributed by atoms with van der Waals surface area (Å²) < 4.78 is 32.6. The summed E-state index contributed by atoms with van der Waals surface area (Å²) in [5.74, 6) is 0.926. The van der Waals surface area contributed by atoms with Gasteiger partial charge in [0, 0.05) is 19.6 Å². The van der Waals surface area contributed by atoms with E-state index in [9.17, 15) is 8.42 Å². The molecule has 0 unspecified atom stereocenters. The Morgan fingerprint density at radius 2 is 2.10 bits per heavy atom. The van der Waals surface area contributed by atoms with Crippen molar-refractivity contribution in [2.75, 3.05) is 27.2 Å². The van der Waals surface area contributed by atoms with Crippen LogP contribution in [-0.4, -0.2) is 40.0 Å². The van der Waals surface area contributed by atoms with Crippen LogP contribution < -0.4 is 10.1 Å². The highest BCUT2D eigenvalue weighted by atomic mass is 32.2. The fraction of sp³-hybridized carbons (Fsp3) is 0.600. The summed E-state index contributed by atoms with van der Waals surface area (Å²) in [5, 5.41) is 3.04. The summed E-state index contributed by atoms with van der Waals surface area (Å²) in [6, 6.07) is 5.32. The van der Waals surface area contributed by atoms with Crippen molar-refractivity contribution in [1.29, 1.82) is 0 Å². The van der Waals surface area contributed by atoms with Gasteiger partial charge in [-0.05, 0) is 43.5 Å². The molecule has 0 aromatic heterocycles. The van der Waals surface area contributed by atoms with E-state index in [1.807, 2.05) is 20.0 Å². The number of rotatable bonds is 8. The SMILES string of the molecule is CCN(CC1CC1)S(=O)(=O)c1cc(CNC)ccc1OC. The Bertz CT molecular complexity index is 583. The number of ether oxygens (including phenoxy) is 1. The molecule has 1 aromatic carbocycles. The second-order valence-electron chi connectivity index (χ2n) is 5.41. The minimum Gasteiger partial charge on any atom is -0.495 e. The van der Waals surface area contributed by atoms with Gasteiger partial charge in [-0.3, -0.25) is 0 Å². The minimum atomic E-state index is -3.51. The lowest BCUT2D eigenvalue weighted by atomic mass is 10.2. The van der Waals surface area contributed by atoms with Gasteiger partial charge < -0.3 is 10.1 Å². The lowest BCUT2D eigenvalue weighted by Gasteiger charge is -2.22. The van der Waals surface area contributed by atoms with Crippen LogP contribution in [0.25, 0.3) is 0 Å². The Hall–Kier alpha value is -1.11. The van der Waals surface area contributed by atoms with Crippen LogP contribution >= 0.6 is 0 Å². The third kappa shape index (κ3) is 3.75. The van der Waals surface area contributed by atoms with Crippen LogP contribution in [0.4, 0.5) is 0 Å². The molecular formula is C15H24N2O3S. The molecule has 118 valence electrons. The molecule has 0 saturated heterocycles. The van der Waals surface area contributed by atoms with E-state index in [4.69, 9.17) is 4.74 Å². The molecule has 5 nitrogen and oxygen atoms in total. The van der Waals surface area contributed by atoms with Crippen LogP contribution in [-0.2, 0) is 16.6 Å². The summed E-state index contributed by atoms with van der Waals surface area (Å²) in [6.45, 7) is 3.60. The van der Waals surface area contributed by atoms with Crippen molar-refractivity contribution >= 4 is 10.0 Å². The first-order chi connectivity index (χ1) is 10.0. The smallest absolute Gasteiger partial charge is 0.246 e. The van der Waals surface area contributed by atoms with E-state index < -0.39 is 10.0 Å². The van der Waals surface area contributed by atoms with Crippen molar-refractivity contribution < 1.29 is 13.2 Å². The Labute approximate surface area is 127 Å². The average Bonchev–Trinajstić information content (AvgIpc) is 3.29. The maximum Gasteiger partial charge on any atom is 0.246 e. The highest BCUT2D eigenvalue weighted by molar-refractivity contribution is 7.89. The summed E-state index contributed by atoms with van der Waals surface area (Å²) in [4.78, 5) is 0.264. The standard InChI is InChI=1S/C15H24N2O3S/c1-4-17(11-12-5-6-12)21(18,19)15-9-13(10-16-2)7-8-14(15)20-3/h7-9,12,16H,4-6,10-11H2,1-3H3. The fourth-order valence-corrected chi connectivity index (χ4v) is 4.09. The fourth-order valence-electron chi connectivity index (χ4n) is 2.36. The van der Waals surface area contributed by atoms with Crippen molar-refractivity contribution in [1.82, 2.24) is 9.62 Å². The molecule has 0 atom stereocenters. The highest BCUT2D eigenvalue weighted by Gasteiger charge is 2.32. The van der Waals surface area contributed by atoms with Crippen LogP contribution in [0.5, 0.6) is 5.75 Å². The van der Waals surface area contributed by atoms with Crippen molar-refractivity contribution in [2.45, 2.75) is 31.2 Å². The Morgan fingerprint density at radius 1 is 1.38 bits per heavy atom. The summed E-state index contributed by atoms with van der Waals surface area (Å²) in [7, 11) is -0.169. The summed E-state index contributed by atoms with van der Waals surface area (Å²) in [5.41, 5.74) is 0.930. The van der Waals surface area contributed by atoms with E-state index in [2.05, 4.69) is 5.32 Å². The molecule has 1 N–H and O–H groups in total. The third-order valence-electron chi connectivity index (χ3n) is 3.74. The number of hydrogen-bond acceptors (Lipinski definition) is 4. The lowest BCUT2D eigenvalue weighted by molar-refractivity contribution is 0.388. The monoisotopic (exact) mass is 312 g/mol. The second kappa shape index (κ2) is 6.77. The zero-order valence-electron chi connectivity index (χ0n) is 12.9. The molecule has 1 fully saturated rings. The molecule has 0 heterocycles. The van der Waals surface area contributed by atoms with E-state index in [1.54, 1.807) is 16.4 Å². The van der Waals surface area contributed by atoms with Gasteiger partial charge in [0.25, 0.3) is 0 Å². The van der Waals surface area contributed by atoms with Gasteiger partial charge in [0.1, 0.15) is 10.6 Å². The minimum absolute atomic E-state index is 0.264. The number of methoxy groups -OCH3 is 1. The van der Waals surface area contributed by atoms with Gasteiger partial charge in [-0.1, -0.05) is 13.0 Å². The van der Waals surface area contributed by atoms with Gasteiger partial charge >= 0.3 is 0 Å². The average molecular weight is 312 g/mol. The van der Waals surface area contributed by atoms with Crippen molar-refractivity contribution in [2.24, 2.45) is 5.92 Å². The topological polar surface area (TPSA) is 58.6 Å². The maximum absolute atomic E-state index is 12.9. The number of benzene rings is 1. The molecule has 6 heteroatoms. The zero-order chi connectivity index (χ0) is 15.5. The normalized spacial score (nSPS) is 15.4. The number of hydrogen-bond donors (Lipinski definition) is 1. The quantitative estimate of drug-likeness (QED) is 0.796. The number of nitrogens with one attached hydrogen (secondary N) is 1. The van der Waals surface area contributed by atoms with Gasteiger partial charge in [0.2, 0.25) is 10.0 Å². The van der Waals surface area contributed by atoms with Gasteiger partial charge in [-0.25, -0.2) is 8.42 Å². The van der Waals surface area contributed by atoms with Gasteiger partial charge in [0.15, 0.2) is 0 Å². The second-order valence-corrected chi connectivity index (χ2v) is 7.32. The first-order valence-electron chi connectivity index (χ1n) is 7.34. The van der Waals surface area contributed by atoms with Crippen LogP contribution in [0, 0.1) is 5.92 Å². The van der Waals surface area contributed by atoms with Crippen molar-refractivity contribution in [3.63, 3.8) is 0 Å². The molecule has 0 amide bonds. The molecular weight excluding hydrogens is 288 g/mol. The molecule has 1 aliphatic carbocycles. The Kier molecular flexibility index (Phi) is 5.24. The van der Waals surface area contributed by atoms with Gasteiger partial charge in [-0.2, -0.15) is 4.31 Å². The summed E-state index contributed by atoms with van der Waals surface area (Å²) in [6.07, 6.45) is 2.26. The molecule has 0 spiro atoms. The van der Waals surface area contributed by atoms with E-state index in [0.717, 1.165) is 18.4 Å². The van der Waals surface area contributed by atoms with Crippen molar-refractivity contribution in [3.8, 4) is 5.75 Å². The largest absolute Gasteiger partial charge is 0.495 e. The predicted molar refractivity (Wildman–Crippen MR) is 82.9 cm³/mol. The van der Waals surface area contributed by atoms with Crippen LogP contribution in [0.15, 0.2) is 23.1 Å². The molecule has 1 saturated carbocycles. The first kappa shape index (κ1) is 16.3. The molecule has 1 aromatic rings. The van der Waals surface area contributed by atoms with E-state index in [0.29, 0.717) is 31.3 Å². The number of nitrogens with zero attached hydrogens (tertiary/aromatic N) is 1. The van der Waals surface area contributed by atoms with Crippen LogP contribution in [0.3, 0.4) is 0 Å². The highest BCUT2D eigenvalue weighted by Crippen LogP contribution is 2.33. The number of sulfonamides is 1. The van der Waals surface area contributed by atoms with E-state index in [-0.39, 0.29) is 4.90 Å². The van der Waals surface area contributed by atoms with Gasteiger partial charge in [-0.15, -0.1) is 0 Å². The lowest BCUT2D eigenvalue weighted by Crippen LogP contribution is -2.33. The third-order valence-corrected chi connectivity index (χ3v) is 5.70. The molecule has 21 heavy (non-hydrogen) atoms. The molecule has 1 aliphatic rings. The summed E-state index contributed by atoms with van der Waals surface area (Å²) >= 11 is 0. The first-order valence-corrected chi connectivity index (χ1v) is 8.78. The zero-order valence-corrected chi connectivity index (χ0v) is 13.7. The van der Waals surface area contributed by atoms with E-state index in [1.165, 1.54) is 7.11 Å². The Morgan fingerprint density at radius 3 is 2.62 bits per heavy atom. The van der Waals surface area contributed by atoms with E-state index >= 15 is 0 Å². The van der Waals surface area contributed by atoms with Crippen LogP contribution in [0.2, 0.25) is 0 Å². The predicted octanol–water partition coefficient (Wildman–Crippen LogP) is 1.84. The Balaban J connectivity index is 2.37.